The van der Waals surface area contributed by atoms with Gasteiger partial charge in [-0.1, -0.05) is 24.3 Å². The molecule has 3 nitrogen and oxygen atoms in total. The fourth-order valence-electron chi connectivity index (χ4n) is 3.32. The Morgan fingerprint density at radius 3 is 2.90 bits per heavy atom. The van der Waals surface area contributed by atoms with E-state index in [-0.39, 0.29) is 6.04 Å². The Bertz CT molecular complexity index is 653. The first-order chi connectivity index (χ1) is 9.81. The van der Waals surface area contributed by atoms with Crippen molar-refractivity contribution in [1.29, 1.82) is 0 Å². The van der Waals surface area contributed by atoms with Gasteiger partial charge in [-0.25, -0.2) is 0 Å². The summed E-state index contributed by atoms with van der Waals surface area (Å²) in [5.41, 5.74) is 3.82. The summed E-state index contributed by atoms with van der Waals surface area (Å²) in [5, 5.41) is 13.3. The zero-order valence-electron chi connectivity index (χ0n) is 11.2. The van der Waals surface area contributed by atoms with Gasteiger partial charge in [0.1, 0.15) is 18.1 Å². The van der Waals surface area contributed by atoms with Crippen molar-refractivity contribution >= 4 is 0 Å². The fourth-order valence-corrected chi connectivity index (χ4v) is 3.32. The van der Waals surface area contributed by atoms with Crippen molar-refractivity contribution in [3.63, 3.8) is 0 Å². The van der Waals surface area contributed by atoms with Crippen LogP contribution < -0.4 is 10.1 Å². The molecule has 2 aromatic carbocycles. The average molecular weight is 267 g/mol. The van der Waals surface area contributed by atoms with Crippen LogP contribution in [0.4, 0.5) is 0 Å². The molecule has 2 aromatic rings. The molecule has 4 rings (SSSR count). The Kier molecular flexibility index (Phi) is 2.67. The number of para-hydroxylation sites is 1. The molecule has 0 spiro atoms. The summed E-state index contributed by atoms with van der Waals surface area (Å²) in [5.74, 6) is 1.35. The molecule has 1 aliphatic carbocycles. The zero-order chi connectivity index (χ0) is 13.5. The van der Waals surface area contributed by atoms with Crippen molar-refractivity contribution in [3.8, 4) is 11.5 Å². The number of phenols is 1. The van der Waals surface area contributed by atoms with Crippen LogP contribution in [-0.4, -0.2) is 11.7 Å². The third-order valence-electron chi connectivity index (χ3n) is 4.31. The molecule has 0 saturated heterocycles. The maximum atomic E-state index is 9.56. The molecule has 3 heteroatoms. The van der Waals surface area contributed by atoms with Gasteiger partial charge in [-0.15, -0.1) is 0 Å². The first-order valence-electron chi connectivity index (χ1n) is 7.11. The van der Waals surface area contributed by atoms with Crippen molar-refractivity contribution < 1.29 is 9.84 Å². The van der Waals surface area contributed by atoms with Gasteiger partial charge in [0.2, 0.25) is 0 Å². The summed E-state index contributed by atoms with van der Waals surface area (Å²) in [6.45, 7) is 0.698. The minimum absolute atomic E-state index is 0.260. The molecule has 0 aromatic heterocycles. The van der Waals surface area contributed by atoms with Crippen LogP contribution in [0.3, 0.4) is 0 Å². The van der Waals surface area contributed by atoms with Gasteiger partial charge in [-0.3, -0.25) is 0 Å². The molecule has 20 heavy (non-hydrogen) atoms. The largest absolute Gasteiger partial charge is 0.508 e. The molecule has 2 atom stereocenters. The first-order valence-corrected chi connectivity index (χ1v) is 7.11. The second-order valence-corrected chi connectivity index (χ2v) is 5.54. The minimum atomic E-state index is 0.260. The van der Waals surface area contributed by atoms with Crippen LogP contribution >= 0.6 is 0 Å². The van der Waals surface area contributed by atoms with Gasteiger partial charge >= 0.3 is 0 Å². The van der Waals surface area contributed by atoms with Gasteiger partial charge in [0, 0.05) is 11.6 Å². The van der Waals surface area contributed by atoms with Gasteiger partial charge in [0.05, 0.1) is 6.04 Å². The quantitative estimate of drug-likeness (QED) is 0.878. The zero-order valence-corrected chi connectivity index (χ0v) is 11.2. The molecule has 2 N–H and O–H groups in total. The Balaban J connectivity index is 1.58. The molecular weight excluding hydrogens is 250 g/mol. The summed E-state index contributed by atoms with van der Waals surface area (Å²) < 4.78 is 5.73. The Hall–Kier alpha value is -2.00. The smallest absolute Gasteiger partial charge is 0.124 e. The monoisotopic (exact) mass is 267 g/mol. The fraction of sp³-hybridized carbons (Fsp3) is 0.294. The molecule has 0 radical (unpaired) electrons. The number of ether oxygens (including phenoxy) is 1. The van der Waals surface area contributed by atoms with Crippen LogP contribution in [0.2, 0.25) is 0 Å². The van der Waals surface area contributed by atoms with E-state index < -0.39 is 0 Å². The maximum absolute atomic E-state index is 9.56. The van der Waals surface area contributed by atoms with Crippen LogP contribution in [0.5, 0.6) is 11.5 Å². The van der Waals surface area contributed by atoms with Crippen LogP contribution in [0.25, 0.3) is 0 Å². The number of benzene rings is 2. The molecule has 0 fully saturated rings. The second kappa shape index (κ2) is 4.53. The molecule has 1 heterocycles. The van der Waals surface area contributed by atoms with E-state index in [1.165, 1.54) is 16.7 Å². The third-order valence-corrected chi connectivity index (χ3v) is 4.31. The highest BCUT2D eigenvalue weighted by atomic mass is 16.5. The molecule has 0 bridgehead atoms. The van der Waals surface area contributed by atoms with Gasteiger partial charge in [0.15, 0.2) is 0 Å². The number of aromatic hydroxyl groups is 1. The third kappa shape index (κ3) is 1.86. The summed E-state index contributed by atoms with van der Waals surface area (Å²) in [6.07, 6.45) is 2.11. The lowest BCUT2D eigenvalue weighted by molar-refractivity contribution is 0.297. The van der Waals surface area contributed by atoms with E-state index in [1.54, 1.807) is 6.07 Å². The molecule has 2 aliphatic rings. The lowest BCUT2D eigenvalue weighted by atomic mass is 10.0. The van der Waals surface area contributed by atoms with Crippen molar-refractivity contribution in [1.82, 2.24) is 5.32 Å². The Labute approximate surface area is 118 Å². The number of rotatable bonds is 2. The van der Waals surface area contributed by atoms with Gasteiger partial charge in [0.25, 0.3) is 0 Å². The summed E-state index contributed by atoms with van der Waals surface area (Å²) in [4.78, 5) is 0. The van der Waals surface area contributed by atoms with E-state index in [2.05, 4.69) is 17.4 Å². The SMILES string of the molecule is Oc1ccc2c(c1)CCC2NC1COc2ccccc21. The second-order valence-electron chi connectivity index (χ2n) is 5.54. The highest BCUT2D eigenvalue weighted by molar-refractivity contribution is 5.42. The predicted molar refractivity (Wildman–Crippen MR) is 77.0 cm³/mol. The Morgan fingerprint density at radius 1 is 1.05 bits per heavy atom. The molecular formula is C17H17NO2. The van der Waals surface area contributed by atoms with Gasteiger partial charge < -0.3 is 15.2 Å². The maximum Gasteiger partial charge on any atom is 0.124 e. The van der Waals surface area contributed by atoms with Crippen molar-refractivity contribution in [2.75, 3.05) is 6.61 Å². The molecule has 0 saturated carbocycles. The van der Waals surface area contributed by atoms with E-state index in [1.807, 2.05) is 24.3 Å². The topological polar surface area (TPSA) is 41.5 Å². The van der Waals surface area contributed by atoms with Crippen LogP contribution in [-0.2, 0) is 6.42 Å². The highest BCUT2D eigenvalue weighted by Crippen LogP contribution is 2.38. The Morgan fingerprint density at radius 2 is 1.95 bits per heavy atom. The van der Waals surface area contributed by atoms with Gasteiger partial charge in [-0.2, -0.15) is 0 Å². The van der Waals surface area contributed by atoms with Crippen LogP contribution in [0.15, 0.2) is 42.5 Å². The first kappa shape index (κ1) is 11.8. The van der Waals surface area contributed by atoms with Gasteiger partial charge in [-0.05, 0) is 42.2 Å². The molecule has 102 valence electrons. The molecule has 2 unspecified atom stereocenters. The number of hydrogen-bond donors (Lipinski definition) is 2. The number of hydrogen-bond acceptors (Lipinski definition) is 3. The number of phenolic OH excluding ortho intramolecular Hbond substituents is 1. The van der Waals surface area contributed by atoms with E-state index in [0.29, 0.717) is 18.4 Å². The normalized spacial score (nSPS) is 23.2. The van der Waals surface area contributed by atoms with Crippen molar-refractivity contribution in [3.05, 3.63) is 59.2 Å². The minimum Gasteiger partial charge on any atom is -0.508 e. The van der Waals surface area contributed by atoms with E-state index in [4.69, 9.17) is 4.74 Å². The number of fused-ring (bicyclic) bond motifs is 2. The predicted octanol–water partition coefficient (Wildman–Crippen LogP) is 3.10. The van der Waals surface area contributed by atoms with Crippen molar-refractivity contribution in [2.45, 2.75) is 24.9 Å². The number of aryl methyl sites for hydroxylation is 1. The van der Waals surface area contributed by atoms with E-state index in [0.717, 1.165) is 18.6 Å². The average Bonchev–Trinajstić information content (AvgIpc) is 3.04. The standard InChI is InChI=1S/C17H17NO2/c19-12-6-7-13-11(9-12)5-8-15(13)18-16-10-20-17-4-2-1-3-14(16)17/h1-4,6-7,9,15-16,18-19H,5,8,10H2. The summed E-state index contributed by atoms with van der Waals surface area (Å²) >= 11 is 0. The van der Waals surface area contributed by atoms with E-state index in [9.17, 15) is 5.11 Å². The lowest BCUT2D eigenvalue weighted by Crippen LogP contribution is -2.26. The summed E-state index contributed by atoms with van der Waals surface area (Å²) in [6, 6.07) is 14.5. The lowest BCUT2D eigenvalue weighted by Gasteiger charge is -2.19. The summed E-state index contributed by atoms with van der Waals surface area (Å²) in [7, 11) is 0. The van der Waals surface area contributed by atoms with Crippen molar-refractivity contribution in [2.24, 2.45) is 0 Å². The molecule has 0 amide bonds. The van der Waals surface area contributed by atoms with Crippen LogP contribution in [0, 0.1) is 0 Å². The molecule has 1 aliphatic heterocycles. The number of nitrogens with one attached hydrogen (secondary N) is 1. The van der Waals surface area contributed by atoms with E-state index >= 15 is 0 Å². The highest BCUT2D eigenvalue weighted by Gasteiger charge is 2.29. The van der Waals surface area contributed by atoms with Crippen LogP contribution in [0.1, 0.15) is 35.2 Å².